The molecule has 0 bridgehead atoms. The van der Waals surface area contributed by atoms with Gasteiger partial charge in [-0.2, -0.15) is 0 Å². The van der Waals surface area contributed by atoms with Crippen LogP contribution in [0.15, 0.2) is 36.4 Å². The van der Waals surface area contributed by atoms with Crippen LogP contribution in [0.1, 0.15) is 10.4 Å². The number of methoxy groups -OCH3 is 2. The van der Waals surface area contributed by atoms with E-state index >= 15 is 0 Å². The lowest BCUT2D eigenvalue weighted by Gasteiger charge is -2.11. The summed E-state index contributed by atoms with van der Waals surface area (Å²) >= 11 is 0. The van der Waals surface area contributed by atoms with Crippen LogP contribution < -0.4 is 9.47 Å². The highest BCUT2D eigenvalue weighted by Crippen LogP contribution is 2.33. The fourth-order valence-electron chi connectivity index (χ4n) is 1.91. The summed E-state index contributed by atoms with van der Waals surface area (Å²) in [6, 6.07) is 9.69. The van der Waals surface area contributed by atoms with Gasteiger partial charge >= 0.3 is 0 Å². The van der Waals surface area contributed by atoms with Crippen molar-refractivity contribution in [2.24, 2.45) is 0 Å². The Morgan fingerprint density at radius 1 is 1.05 bits per heavy atom. The van der Waals surface area contributed by atoms with Crippen LogP contribution in [0.2, 0.25) is 0 Å². The third-order valence-electron chi connectivity index (χ3n) is 2.87. The number of benzene rings is 2. The molecule has 98 valence electrons. The average molecular weight is 260 g/mol. The molecule has 0 radical (unpaired) electrons. The first kappa shape index (κ1) is 13.1. The molecule has 0 aliphatic heterocycles. The Balaban J connectivity index is 2.59. The standard InChI is InChI=1S/C15H13FO3/c1-18-14-7-6-10(8-15(14)19-2)11-4-3-5-13(16)12(11)9-17/h3-9H,1-2H3. The van der Waals surface area contributed by atoms with Crippen molar-refractivity contribution in [2.75, 3.05) is 14.2 Å². The third-order valence-corrected chi connectivity index (χ3v) is 2.87. The molecule has 0 saturated heterocycles. The number of carbonyl (C=O) groups is 1. The summed E-state index contributed by atoms with van der Waals surface area (Å²) in [6.07, 6.45) is 0.515. The molecule has 2 rings (SSSR count). The lowest BCUT2D eigenvalue weighted by molar-refractivity contribution is 0.112. The fraction of sp³-hybridized carbons (Fsp3) is 0.133. The van der Waals surface area contributed by atoms with Crippen LogP contribution in [0.5, 0.6) is 11.5 Å². The predicted molar refractivity (Wildman–Crippen MR) is 70.3 cm³/mol. The Kier molecular flexibility index (Phi) is 3.80. The van der Waals surface area contributed by atoms with Crippen molar-refractivity contribution < 1.29 is 18.7 Å². The minimum absolute atomic E-state index is 0.0368. The van der Waals surface area contributed by atoms with E-state index in [0.717, 1.165) is 0 Å². The molecule has 0 N–H and O–H groups in total. The number of rotatable bonds is 4. The van der Waals surface area contributed by atoms with Gasteiger partial charge in [0.15, 0.2) is 17.8 Å². The molecular weight excluding hydrogens is 247 g/mol. The van der Waals surface area contributed by atoms with E-state index in [0.29, 0.717) is 28.9 Å². The predicted octanol–water partition coefficient (Wildman–Crippen LogP) is 3.32. The number of halogens is 1. The zero-order chi connectivity index (χ0) is 13.8. The highest BCUT2D eigenvalue weighted by atomic mass is 19.1. The normalized spacial score (nSPS) is 10.1. The molecule has 0 spiro atoms. The van der Waals surface area contributed by atoms with Crippen LogP contribution in [0, 0.1) is 5.82 Å². The second-order valence-electron chi connectivity index (χ2n) is 3.89. The summed E-state index contributed by atoms with van der Waals surface area (Å²) in [6.45, 7) is 0. The molecule has 0 heterocycles. The first-order chi connectivity index (χ1) is 9.21. The molecule has 2 aromatic rings. The second-order valence-corrected chi connectivity index (χ2v) is 3.89. The smallest absolute Gasteiger partial charge is 0.161 e. The van der Waals surface area contributed by atoms with Gasteiger partial charge in [0.1, 0.15) is 5.82 Å². The molecule has 2 aromatic carbocycles. The maximum atomic E-state index is 13.6. The highest BCUT2D eigenvalue weighted by molar-refractivity contribution is 5.88. The monoisotopic (exact) mass is 260 g/mol. The molecule has 19 heavy (non-hydrogen) atoms. The molecule has 0 aliphatic carbocycles. The van der Waals surface area contributed by atoms with Crippen LogP contribution in [-0.4, -0.2) is 20.5 Å². The first-order valence-corrected chi connectivity index (χ1v) is 5.67. The van der Waals surface area contributed by atoms with Gasteiger partial charge in [-0.25, -0.2) is 4.39 Å². The van der Waals surface area contributed by atoms with Gasteiger partial charge in [0.05, 0.1) is 19.8 Å². The van der Waals surface area contributed by atoms with Crippen LogP contribution >= 0.6 is 0 Å². The van der Waals surface area contributed by atoms with Gasteiger partial charge in [-0.05, 0) is 29.3 Å². The number of aldehydes is 1. The maximum Gasteiger partial charge on any atom is 0.161 e. The van der Waals surface area contributed by atoms with E-state index in [9.17, 15) is 9.18 Å². The van der Waals surface area contributed by atoms with Crippen molar-refractivity contribution in [2.45, 2.75) is 0 Å². The van der Waals surface area contributed by atoms with E-state index < -0.39 is 5.82 Å². The molecule has 0 amide bonds. The van der Waals surface area contributed by atoms with Crippen molar-refractivity contribution >= 4 is 6.29 Å². The van der Waals surface area contributed by atoms with Gasteiger partial charge in [0, 0.05) is 0 Å². The number of hydrogen-bond acceptors (Lipinski definition) is 3. The molecule has 0 aromatic heterocycles. The first-order valence-electron chi connectivity index (χ1n) is 5.67. The summed E-state index contributed by atoms with van der Waals surface area (Å²) in [7, 11) is 3.06. The molecule has 4 heteroatoms. The molecule has 0 unspecified atom stereocenters. The third kappa shape index (κ3) is 2.42. The average Bonchev–Trinajstić information content (AvgIpc) is 2.46. The van der Waals surface area contributed by atoms with Crippen molar-refractivity contribution in [1.29, 1.82) is 0 Å². The van der Waals surface area contributed by atoms with E-state index in [4.69, 9.17) is 9.47 Å². The van der Waals surface area contributed by atoms with Crippen molar-refractivity contribution in [3.63, 3.8) is 0 Å². The van der Waals surface area contributed by atoms with Crippen LogP contribution in [0.3, 0.4) is 0 Å². The molecule has 0 atom stereocenters. The second kappa shape index (κ2) is 5.52. The number of carbonyl (C=O) groups excluding carboxylic acids is 1. The summed E-state index contributed by atoms with van der Waals surface area (Å²) in [5.74, 6) is 0.568. The fourth-order valence-corrected chi connectivity index (χ4v) is 1.91. The van der Waals surface area contributed by atoms with Gasteiger partial charge in [-0.1, -0.05) is 18.2 Å². The molecule has 0 fully saturated rings. The Morgan fingerprint density at radius 3 is 2.42 bits per heavy atom. The van der Waals surface area contributed by atoms with Crippen molar-refractivity contribution in [3.05, 3.63) is 47.8 Å². The van der Waals surface area contributed by atoms with Gasteiger partial charge in [-0.3, -0.25) is 4.79 Å². The number of hydrogen-bond donors (Lipinski definition) is 0. The zero-order valence-corrected chi connectivity index (χ0v) is 10.6. The largest absolute Gasteiger partial charge is 0.493 e. The summed E-state index contributed by atoms with van der Waals surface area (Å²) in [5, 5.41) is 0. The van der Waals surface area contributed by atoms with E-state index in [2.05, 4.69) is 0 Å². The van der Waals surface area contributed by atoms with Crippen LogP contribution in [-0.2, 0) is 0 Å². The van der Waals surface area contributed by atoms with Gasteiger partial charge in [0.2, 0.25) is 0 Å². The lowest BCUT2D eigenvalue weighted by atomic mass is 9.99. The van der Waals surface area contributed by atoms with Crippen molar-refractivity contribution in [3.8, 4) is 22.6 Å². The zero-order valence-electron chi connectivity index (χ0n) is 10.6. The lowest BCUT2D eigenvalue weighted by Crippen LogP contribution is -1.94. The quantitative estimate of drug-likeness (QED) is 0.791. The summed E-state index contributed by atoms with van der Waals surface area (Å²) in [4.78, 5) is 11.0. The Bertz CT molecular complexity index is 608. The summed E-state index contributed by atoms with van der Waals surface area (Å²) in [5.41, 5.74) is 1.25. The topological polar surface area (TPSA) is 35.5 Å². The Morgan fingerprint density at radius 2 is 1.79 bits per heavy atom. The number of ether oxygens (including phenoxy) is 2. The van der Waals surface area contributed by atoms with Gasteiger partial charge in [-0.15, -0.1) is 0 Å². The van der Waals surface area contributed by atoms with E-state index in [1.807, 2.05) is 0 Å². The molecular formula is C15H13FO3. The molecule has 0 saturated carbocycles. The minimum Gasteiger partial charge on any atom is -0.493 e. The van der Waals surface area contributed by atoms with E-state index in [1.165, 1.54) is 20.3 Å². The van der Waals surface area contributed by atoms with E-state index in [1.54, 1.807) is 30.3 Å². The van der Waals surface area contributed by atoms with Crippen LogP contribution in [0.4, 0.5) is 4.39 Å². The molecule has 3 nitrogen and oxygen atoms in total. The van der Waals surface area contributed by atoms with E-state index in [-0.39, 0.29) is 5.56 Å². The highest BCUT2D eigenvalue weighted by Gasteiger charge is 2.12. The SMILES string of the molecule is COc1ccc(-c2cccc(F)c2C=O)cc1OC. The minimum atomic E-state index is -0.540. The summed E-state index contributed by atoms with van der Waals surface area (Å²) < 4.78 is 23.9. The van der Waals surface area contributed by atoms with Crippen molar-refractivity contribution in [1.82, 2.24) is 0 Å². The maximum absolute atomic E-state index is 13.6. The Labute approximate surface area is 110 Å². The van der Waals surface area contributed by atoms with Crippen LogP contribution in [0.25, 0.3) is 11.1 Å². The Hall–Kier alpha value is -2.36. The van der Waals surface area contributed by atoms with Gasteiger partial charge < -0.3 is 9.47 Å². The van der Waals surface area contributed by atoms with Gasteiger partial charge in [0.25, 0.3) is 0 Å². The molecule has 0 aliphatic rings.